The predicted molar refractivity (Wildman–Crippen MR) is 121 cm³/mol. The van der Waals surface area contributed by atoms with Gasteiger partial charge in [-0.05, 0) is 93.1 Å². The lowest BCUT2D eigenvalue weighted by molar-refractivity contribution is -0.157. The van der Waals surface area contributed by atoms with Gasteiger partial charge in [-0.15, -0.1) is 0 Å². The average molecular weight is 449 g/mol. The Hall–Kier alpha value is -1.65. The van der Waals surface area contributed by atoms with E-state index in [-0.39, 0.29) is 29.7 Å². The van der Waals surface area contributed by atoms with E-state index in [4.69, 9.17) is 9.47 Å². The van der Waals surface area contributed by atoms with Gasteiger partial charge in [-0.3, -0.25) is 4.79 Å². The smallest absolute Gasteiger partial charge is 0.309 e. The fourth-order valence-electron chi connectivity index (χ4n) is 6.67. The van der Waals surface area contributed by atoms with Gasteiger partial charge in [0.2, 0.25) is 5.82 Å². The number of carbonyl (C=O) groups excluding carboxylic acids is 1. The van der Waals surface area contributed by atoms with E-state index in [1.807, 2.05) is 6.92 Å². The van der Waals surface area contributed by atoms with Crippen LogP contribution in [0.15, 0.2) is 12.1 Å². The molecule has 3 aliphatic carbocycles. The summed E-state index contributed by atoms with van der Waals surface area (Å²) < 4.78 is 40.3. The highest BCUT2D eigenvalue weighted by Gasteiger charge is 2.47. The lowest BCUT2D eigenvalue weighted by atomic mass is 9.82. The Bertz CT molecular complexity index is 787. The van der Waals surface area contributed by atoms with E-state index < -0.39 is 11.6 Å². The SMILES string of the molecule is CCCOc1ccc(C2CCC(OC(=O)C3CCC4C(CCC)CCC34)CC2)c(F)c1F. The molecule has 0 N–H and O–H groups in total. The second-order valence-corrected chi connectivity index (χ2v) is 10.2. The number of hydrogen-bond acceptors (Lipinski definition) is 3. The van der Waals surface area contributed by atoms with Gasteiger partial charge >= 0.3 is 5.97 Å². The summed E-state index contributed by atoms with van der Waals surface area (Å²) in [5, 5.41) is 0. The maximum absolute atomic E-state index is 14.7. The lowest BCUT2D eigenvalue weighted by Crippen LogP contribution is -2.29. The Labute approximate surface area is 191 Å². The van der Waals surface area contributed by atoms with E-state index in [1.165, 1.54) is 32.1 Å². The van der Waals surface area contributed by atoms with E-state index in [1.54, 1.807) is 12.1 Å². The number of esters is 1. The number of hydrogen-bond donors (Lipinski definition) is 0. The summed E-state index contributed by atoms with van der Waals surface area (Å²) in [6, 6.07) is 3.20. The third-order valence-corrected chi connectivity index (χ3v) is 8.25. The molecule has 0 radical (unpaired) electrons. The Morgan fingerprint density at radius 2 is 1.66 bits per heavy atom. The molecule has 0 bridgehead atoms. The van der Waals surface area contributed by atoms with Crippen LogP contribution in [0.25, 0.3) is 0 Å². The molecule has 0 aliphatic heterocycles. The molecule has 0 aromatic heterocycles. The van der Waals surface area contributed by atoms with Crippen LogP contribution < -0.4 is 4.74 Å². The van der Waals surface area contributed by atoms with Crippen molar-refractivity contribution in [1.29, 1.82) is 0 Å². The van der Waals surface area contributed by atoms with Gasteiger partial charge in [-0.2, -0.15) is 4.39 Å². The molecule has 1 aromatic carbocycles. The molecule has 5 heteroatoms. The van der Waals surface area contributed by atoms with Crippen LogP contribution in [0.2, 0.25) is 0 Å². The monoisotopic (exact) mass is 448 g/mol. The highest BCUT2D eigenvalue weighted by molar-refractivity contribution is 5.73. The van der Waals surface area contributed by atoms with Gasteiger partial charge in [0.15, 0.2) is 11.6 Å². The Morgan fingerprint density at radius 1 is 0.906 bits per heavy atom. The first kappa shape index (κ1) is 23.5. The Balaban J connectivity index is 1.29. The molecule has 4 rings (SSSR count). The second kappa shape index (κ2) is 10.5. The van der Waals surface area contributed by atoms with Crippen molar-refractivity contribution in [2.45, 2.75) is 96.5 Å². The molecular weight excluding hydrogens is 410 g/mol. The average Bonchev–Trinajstić information content (AvgIpc) is 3.39. The van der Waals surface area contributed by atoms with Crippen LogP contribution >= 0.6 is 0 Å². The third-order valence-electron chi connectivity index (χ3n) is 8.25. The highest BCUT2D eigenvalue weighted by atomic mass is 19.2. The number of carbonyl (C=O) groups is 1. The van der Waals surface area contributed by atoms with Crippen LogP contribution in [-0.2, 0) is 9.53 Å². The largest absolute Gasteiger partial charge is 0.490 e. The van der Waals surface area contributed by atoms with Crippen molar-refractivity contribution in [3.8, 4) is 5.75 Å². The molecule has 0 saturated heterocycles. The van der Waals surface area contributed by atoms with Crippen LogP contribution in [0.1, 0.15) is 96.0 Å². The molecule has 32 heavy (non-hydrogen) atoms. The molecular formula is C27H38F2O3. The van der Waals surface area contributed by atoms with Crippen LogP contribution in [0.4, 0.5) is 8.78 Å². The molecule has 0 amide bonds. The minimum atomic E-state index is -0.891. The lowest BCUT2D eigenvalue weighted by Gasteiger charge is -2.30. The Morgan fingerprint density at radius 3 is 2.38 bits per heavy atom. The maximum Gasteiger partial charge on any atom is 0.309 e. The summed E-state index contributed by atoms with van der Waals surface area (Å²) in [4.78, 5) is 12.9. The predicted octanol–water partition coefficient (Wildman–Crippen LogP) is 7.18. The topological polar surface area (TPSA) is 35.5 Å². The molecule has 4 unspecified atom stereocenters. The van der Waals surface area contributed by atoms with Crippen molar-refractivity contribution in [3.05, 3.63) is 29.3 Å². The van der Waals surface area contributed by atoms with Crippen molar-refractivity contribution in [1.82, 2.24) is 0 Å². The molecule has 3 nitrogen and oxygen atoms in total. The highest BCUT2D eigenvalue weighted by Crippen LogP contribution is 2.52. The minimum Gasteiger partial charge on any atom is -0.490 e. The standard InChI is InChI=1S/C27H38F2O3/c1-3-5-17-8-11-22-20(17)12-13-23(22)27(30)32-19-9-6-18(7-10-19)21-14-15-24(31-16-4-2)26(29)25(21)28/h14-15,17-20,22-23H,3-13,16H2,1-2H3. The molecule has 178 valence electrons. The van der Waals surface area contributed by atoms with E-state index >= 15 is 0 Å². The number of rotatable bonds is 8. The van der Waals surface area contributed by atoms with E-state index in [9.17, 15) is 13.6 Å². The second-order valence-electron chi connectivity index (χ2n) is 10.2. The zero-order valence-corrected chi connectivity index (χ0v) is 19.6. The van der Waals surface area contributed by atoms with Gasteiger partial charge in [0, 0.05) is 0 Å². The van der Waals surface area contributed by atoms with Crippen LogP contribution in [0.5, 0.6) is 5.75 Å². The zero-order chi connectivity index (χ0) is 22.7. The van der Waals surface area contributed by atoms with Crippen molar-refractivity contribution < 1.29 is 23.0 Å². The summed E-state index contributed by atoms with van der Waals surface area (Å²) in [6.07, 6.45) is 10.6. The first-order valence-corrected chi connectivity index (χ1v) is 12.8. The van der Waals surface area contributed by atoms with Gasteiger partial charge in [0.25, 0.3) is 0 Å². The van der Waals surface area contributed by atoms with Crippen LogP contribution in [-0.4, -0.2) is 18.7 Å². The summed E-state index contributed by atoms with van der Waals surface area (Å²) in [6.45, 7) is 4.54. The molecule has 0 heterocycles. The van der Waals surface area contributed by atoms with Crippen molar-refractivity contribution in [3.63, 3.8) is 0 Å². The van der Waals surface area contributed by atoms with Gasteiger partial charge in [0.1, 0.15) is 6.10 Å². The van der Waals surface area contributed by atoms with Gasteiger partial charge in [0.05, 0.1) is 12.5 Å². The summed E-state index contributed by atoms with van der Waals surface area (Å²) >= 11 is 0. The van der Waals surface area contributed by atoms with Crippen molar-refractivity contribution in [2.75, 3.05) is 6.61 Å². The van der Waals surface area contributed by atoms with Gasteiger partial charge < -0.3 is 9.47 Å². The fraction of sp³-hybridized carbons (Fsp3) is 0.741. The van der Waals surface area contributed by atoms with Crippen LogP contribution in [0, 0.1) is 35.3 Å². The summed E-state index contributed by atoms with van der Waals surface area (Å²) in [5.74, 6) is 0.351. The number of halogens is 2. The minimum absolute atomic E-state index is 0.00671. The summed E-state index contributed by atoms with van der Waals surface area (Å²) in [7, 11) is 0. The third kappa shape index (κ3) is 4.82. The Kier molecular flexibility index (Phi) is 7.73. The van der Waals surface area contributed by atoms with E-state index in [0.717, 1.165) is 18.8 Å². The molecule has 0 spiro atoms. The number of ether oxygens (including phenoxy) is 2. The van der Waals surface area contributed by atoms with Crippen molar-refractivity contribution >= 4 is 5.97 Å². The summed E-state index contributed by atoms with van der Waals surface area (Å²) in [5.41, 5.74) is 0.419. The van der Waals surface area contributed by atoms with Crippen molar-refractivity contribution in [2.24, 2.45) is 23.7 Å². The zero-order valence-electron chi connectivity index (χ0n) is 19.6. The number of fused-ring (bicyclic) bond motifs is 1. The van der Waals surface area contributed by atoms with E-state index in [0.29, 0.717) is 49.7 Å². The molecule has 3 fully saturated rings. The molecule has 3 saturated carbocycles. The normalized spacial score (nSPS) is 32.0. The first-order chi connectivity index (χ1) is 15.5. The first-order valence-electron chi connectivity index (χ1n) is 12.8. The van der Waals surface area contributed by atoms with Crippen LogP contribution in [0.3, 0.4) is 0 Å². The van der Waals surface area contributed by atoms with Gasteiger partial charge in [-0.1, -0.05) is 32.8 Å². The number of benzene rings is 1. The maximum atomic E-state index is 14.7. The fourth-order valence-corrected chi connectivity index (χ4v) is 6.67. The van der Waals surface area contributed by atoms with E-state index in [2.05, 4.69) is 6.92 Å². The molecule has 3 aliphatic rings. The molecule has 4 atom stereocenters. The quantitative estimate of drug-likeness (QED) is 0.395. The van der Waals surface area contributed by atoms with Gasteiger partial charge in [-0.25, -0.2) is 4.39 Å². The molecule has 1 aromatic rings.